The number of hydrogen-bond acceptors (Lipinski definition) is 1. The van der Waals surface area contributed by atoms with Gasteiger partial charge in [-0.15, -0.1) is 0 Å². The predicted molar refractivity (Wildman–Crippen MR) is 73.9 cm³/mol. The predicted octanol–water partition coefficient (Wildman–Crippen LogP) is 5.51. The molecular weight excluding hydrogens is 253 g/mol. The molecule has 0 saturated heterocycles. The molecule has 5 heteroatoms. The van der Waals surface area contributed by atoms with Crippen LogP contribution in [-0.4, -0.2) is 16.1 Å². The van der Waals surface area contributed by atoms with Crippen LogP contribution in [0.3, 0.4) is 0 Å². The Hall–Kier alpha value is -1.26. The van der Waals surface area contributed by atoms with E-state index in [9.17, 15) is 13.2 Å². The van der Waals surface area contributed by atoms with E-state index in [2.05, 4.69) is 9.97 Å². The molecular formula is C14H25F3N2. The summed E-state index contributed by atoms with van der Waals surface area (Å²) in [5.41, 5.74) is -0.334. The standard InChI is InChI=1S/C7H9F3.C3H4N2.2C2H6/c8-7(9,10)6-4-2-1-3-5-6;1-2-5-3-4-1;2*1-2/h4H,1-3,5H2;1-3H,(H,4,5);2*1-2H3. The lowest BCUT2D eigenvalue weighted by Gasteiger charge is -2.14. The average molecular weight is 278 g/mol. The molecule has 1 aromatic rings. The lowest BCUT2D eigenvalue weighted by atomic mass is 9.99. The van der Waals surface area contributed by atoms with Gasteiger partial charge in [0.15, 0.2) is 0 Å². The summed E-state index contributed by atoms with van der Waals surface area (Å²) >= 11 is 0. The van der Waals surface area contributed by atoms with Crippen molar-refractivity contribution in [2.75, 3.05) is 0 Å². The summed E-state index contributed by atoms with van der Waals surface area (Å²) in [4.78, 5) is 6.42. The van der Waals surface area contributed by atoms with Crippen molar-refractivity contribution in [1.29, 1.82) is 0 Å². The van der Waals surface area contributed by atoms with Crippen molar-refractivity contribution in [3.8, 4) is 0 Å². The Morgan fingerprint density at radius 1 is 1.11 bits per heavy atom. The zero-order chi connectivity index (χ0) is 15.1. The van der Waals surface area contributed by atoms with E-state index in [0.29, 0.717) is 12.8 Å². The highest BCUT2D eigenvalue weighted by molar-refractivity contribution is 5.10. The molecule has 0 fully saturated rings. The van der Waals surface area contributed by atoms with Crippen molar-refractivity contribution in [3.05, 3.63) is 30.4 Å². The van der Waals surface area contributed by atoms with E-state index in [-0.39, 0.29) is 12.0 Å². The van der Waals surface area contributed by atoms with Gasteiger partial charge in [-0.3, -0.25) is 0 Å². The zero-order valence-corrected chi connectivity index (χ0v) is 12.2. The van der Waals surface area contributed by atoms with Gasteiger partial charge >= 0.3 is 6.18 Å². The fraction of sp³-hybridized carbons (Fsp3) is 0.643. The Bertz CT molecular complexity index is 273. The molecule has 0 amide bonds. The maximum Gasteiger partial charge on any atom is 0.412 e. The van der Waals surface area contributed by atoms with Gasteiger partial charge in [0.1, 0.15) is 0 Å². The molecule has 0 atom stereocenters. The minimum absolute atomic E-state index is 0.212. The third-order valence-electron chi connectivity index (χ3n) is 2.06. The van der Waals surface area contributed by atoms with Crippen LogP contribution >= 0.6 is 0 Å². The molecule has 0 unspecified atom stereocenters. The number of halogens is 3. The van der Waals surface area contributed by atoms with Crippen molar-refractivity contribution in [3.63, 3.8) is 0 Å². The van der Waals surface area contributed by atoms with Crippen LogP contribution in [0.1, 0.15) is 53.4 Å². The summed E-state index contributed by atoms with van der Waals surface area (Å²) in [5.74, 6) is 0. The van der Waals surface area contributed by atoms with Crippen molar-refractivity contribution < 1.29 is 13.2 Å². The minimum atomic E-state index is -4.07. The van der Waals surface area contributed by atoms with Gasteiger partial charge in [-0.1, -0.05) is 33.8 Å². The van der Waals surface area contributed by atoms with E-state index in [1.54, 1.807) is 18.7 Å². The maximum atomic E-state index is 11.9. The van der Waals surface area contributed by atoms with Gasteiger partial charge in [-0.25, -0.2) is 4.98 Å². The van der Waals surface area contributed by atoms with Gasteiger partial charge < -0.3 is 4.98 Å². The number of hydrogen-bond donors (Lipinski definition) is 1. The van der Waals surface area contributed by atoms with Crippen LogP contribution in [-0.2, 0) is 0 Å². The van der Waals surface area contributed by atoms with Crippen molar-refractivity contribution in [2.45, 2.75) is 59.6 Å². The fourth-order valence-electron chi connectivity index (χ4n) is 1.31. The zero-order valence-electron chi connectivity index (χ0n) is 12.2. The molecule has 0 aliphatic heterocycles. The monoisotopic (exact) mass is 278 g/mol. The molecule has 0 spiro atoms. The van der Waals surface area contributed by atoms with Crippen molar-refractivity contribution >= 4 is 0 Å². The highest BCUT2D eigenvalue weighted by Gasteiger charge is 2.33. The molecule has 0 aromatic carbocycles. The van der Waals surface area contributed by atoms with Gasteiger partial charge in [-0.05, 0) is 25.7 Å². The molecule has 19 heavy (non-hydrogen) atoms. The lowest BCUT2D eigenvalue weighted by molar-refractivity contribution is -0.0950. The largest absolute Gasteiger partial charge is 0.412 e. The number of H-pyrrole nitrogens is 1. The number of rotatable bonds is 0. The second-order valence-electron chi connectivity index (χ2n) is 3.23. The molecule has 1 aromatic heterocycles. The highest BCUT2D eigenvalue weighted by Crippen LogP contribution is 2.32. The molecule has 1 heterocycles. The quantitative estimate of drug-likeness (QED) is 0.623. The topological polar surface area (TPSA) is 28.7 Å². The van der Waals surface area contributed by atoms with E-state index < -0.39 is 6.18 Å². The molecule has 0 saturated carbocycles. The van der Waals surface area contributed by atoms with Crippen LogP contribution in [0.4, 0.5) is 13.2 Å². The third kappa shape index (κ3) is 11.6. The molecule has 1 N–H and O–H groups in total. The minimum Gasteiger partial charge on any atom is -0.351 e. The van der Waals surface area contributed by atoms with Crippen LogP contribution in [0.5, 0.6) is 0 Å². The van der Waals surface area contributed by atoms with Crippen LogP contribution < -0.4 is 0 Å². The summed E-state index contributed by atoms with van der Waals surface area (Å²) in [5, 5.41) is 0. The summed E-state index contributed by atoms with van der Waals surface area (Å²) in [6, 6.07) is 0. The molecule has 1 aliphatic rings. The first-order valence-corrected chi connectivity index (χ1v) is 6.79. The van der Waals surface area contributed by atoms with Gasteiger partial charge in [0.2, 0.25) is 0 Å². The summed E-state index contributed by atoms with van der Waals surface area (Å²) in [6.45, 7) is 8.00. The van der Waals surface area contributed by atoms with Gasteiger partial charge in [0.25, 0.3) is 0 Å². The van der Waals surface area contributed by atoms with Crippen LogP contribution in [0.15, 0.2) is 30.4 Å². The van der Waals surface area contributed by atoms with Gasteiger partial charge in [0.05, 0.1) is 6.33 Å². The van der Waals surface area contributed by atoms with E-state index in [0.717, 1.165) is 6.42 Å². The first-order chi connectivity index (χ1) is 9.11. The second kappa shape index (κ2) is 13.2. The van der Waals surface area contributed by atoms with Crippen LogP contribution in [0, 0.1) is 0 Å². The normalized spacial score (nSPS) is 13.5. The molecule has 2 rings (SSSR count). The van der Waals surface area contributed by atoms with Crippen molar-refractivity contribution in [2.24, 2.45) is 0 Å². The maximum absolute atomic E-state index is 11.9. The van der Waals surface area contributed by atoms with Gasteiger partial charge in [-0.2, -0.15) is 13.2 Å². The molecule has 0 bridgehead atoms. The Morgan fingerprint density at radius 3 is 1.95 bits per heavy atom. The SMILES string of the molecule is CC.CC.FC(F)(F)C1=CCCCC1.c1c[nH]cn1. The summed E-state index contributed by atoms with van der Waals surface area (Å²) in [7, 11) is 0. The Morgan fingerprint density at radius 2 is 1.74 bits per heavy atom. The number of allylic oxidation sites excluding steroid dienone is 2. The second-order valence-corrected chi connectivity index (χ2v) is 3.23. The highest BCUT2D eigenvalue weighted by atomic mass is 19.4. The molecule has 112 valence electrons. The Labute approximate surface area is 114 Å². The number of aromatic amines is 1. The van der Waals surface area contributed by atoms with E-state index >= 15 is 0 Å². The number of alkyl halides is 3. The third-order valence-corrected chi connectivity index (χ3v) is 2.06. The summed E-state index contributed by atoms with van der Waals surface area (Å²) < 4.78 is 35.6. The van der Waals surface area contributed by atoms with Crippen LogP contribution in [0.2, 0.25) is 0 Å². The smallest absolute Gasteiger partial charge is 0.351 e. The number of nitrogens with zero attached hydrogens (tertiary/aromatic N) is 1. The average Bonchev–Trinajstić information content (AvgIpc) is 3.03. The number of aromatic nitrogens is 2. The van der Waals surface area contributed by atoms with Crippen molar-refractivity contribution in [1.82, 2.24) is 9.97 Å². The first-order valence-electron chi connectivity index (χ1n) is 6.79. The number of nitrogens with one attached hydrogen (secondary N) is 1. The first kappa shape index (κ1) is 20.1. The Balaban J connectivity index is 0. The van der Waals surface area contributed by atoms with E-state index in [1.165, 1.54) is 6.08 Å². The van der Waals surface area contributed by atoms with E-state index in [1.807, 2.05) is 27.7 Å². The van der Waals surface area contributed by atoms with Crippen LogP contribution in [0.25, 0.3) is 0 Å². The fourth-order valence-corrected chi connectivity index (χ4v) is 1.31. The lowest BCUT2D eigenvalue weighted by Crippen LogP contribution is -2.13. The summed E-state index contributed by atoms with van der Waals surface area (Å²) in [6.07, 6.45) is 4.72. The van der Waals surface area contributed by atoms with E-state index in [4.69, 9.17) is 0 Å². The number of imidazole rings is 1. The molecule has 1 aliphatic carbocycles. The Kier molecular flexibility index (Phi) is 13.9. The molecule has 0 radical (unpaired) electrons. The molecule has 2 nitrogen and oxygen atoms in total. The van der Waals surface area contributed by atoms with Gasteiger partial charge in [0, 0.05) is 18.0 Å².